The maximum absolute atomic E-state index is 12.6. The van der Waals surface area contributed by atoms with Gasteiger partial charge in [-0.15, -0.1) is 0 Å². The summed E-state index contributed by atoms with van der Waals surface area (Å²) in [5.74, 6) is 0.888. The van der Waals surface area contributed by atoms with Gasteiger partial charge in [0, 0.05) is 37.8 Å². The molecule has 2 aliphatic rings. The van der Waals surface area contributed by atoms with Crippen molar-refractivity contribution in [2.45, 2.75) is 32.1 Å². The van der Waals surface area contributed by atoms with Crippen molar-refractivity contribution in [3.63, 3.8) is 0 Å². The fourth-order valence-electron chi connectivity index (χ4n) is 3.68. The van der Waals surface area contributed by atoms with Crippen molar-refractivity contribution in [1.29, 1.82) is 0 Å². The molecular weight excluding hydrogens is 318 g/mol. The summed E-state index contributed by atoms with van der Waals surface area (Å²) >= 11 is 0. The molecule has 6 nitrogen and oxygen atoms in total. The molecule has 1 saturated heterocycles. The van der Waals surface area contributed by atoms with E-state index in [0.717, 1.165) is 69.6 Å². The first kappa shape index (κ1) is 17.6. The summed E-state index contributed by atoms with van der Waals surface area (Å²) in [7, 11) is 1.62. The quantitative estimate of drug-likeness (QED) is 0.833. The lowest BCUT2D eigenvalue weighted by molar-refractivity contribution is -0.121. The van der Waals surface area contributed by atoms with Gasteiger partial charge in [-0.05, 0) is 31.0 Å². The van der Waals surface area contributed by atoms with Crippen molar-refractivity contribution in [3.8, 4) is 5.75 Å². The Labute approximate surface area is 149 Å². The molecule has 0 radical (unpaired) electrons. The van der Waals surface area contributed by atoms with Gasteiger partial charge < -0.3 is 19.9 Å². The van der Waals surface area contributed by atoms with E-state index in [2.05, 4.69) is 10.2 Å². The second kappa shape index (κ2) is 8.23. The zero-order chi connectivity index (χ0) is 17.6. The minimum atomic E-state index is 0.0981. The number of anilines is 2. The first-order chi connectivity index (χ1) is 12.2. The molecule has 0 spiro atoms. The van der Waals surface area contributed by atoms with E-state index >= 15 is 0 Å². The summed E-state index contributed by atoms with van der Waals surface area (Å²) < 4.78 is 5.42. The lowest BCUT2D eigenvalue weighted by Gasteiger charge is -2.34. The molecule has 0 atom stereocenters. The lowest BCUT2D eigenvalue weighted by Crippen LogP contribution is -2.45. The fraction of sp³-hybridized carbons (Fsp3) is 0.579. The number of hydrogen-bond donors (Lipinski definition) is 1. The number of nitrogens with one attached hydrogen (secondary N) is 1. The highest BCUT2D eigenvalue weighted by atomic mass is 16.5. The van der Waals surface area contributed by atoms with Gasteiger partial charge in [-0.25, -0.2) is 0 Å². The van der Waals surface area contributed by atoms with E-state index in [1.807, 2.05) is 18.2 Å². The van der Waals surface area contributed by atoms with E-state index < -0.39 is 0 Å². The minimum absolute atomic E-state index is 0.0981. The maximum atomic E-state index is 12.6. The van der Waals surface area contributed by atoms with Crippen LogP contribution in [0.4, 0.5) is 11.4 Å². The van der Waals surface area contributed by atoms with Crippen LogP contribution in [0.25, 0.3) is 0 Å². The van der Waals surface area contributed by atoms with Crippen LogP contribution >= 0.6 is 0 Å². The Balaban J connectivity index is 1.71. The number of rotatable bonds is 5. The van der Waals surface area contributed by atoms with Crippen LogP contribution in [-0.4, -0.2) is 50.5 Å². The predicted octanol–water partition coefficient (Wildman–Crippen LogP) is 2.49. The smallest absolute Gasteiger partial charge is 0.227 e. The summed E-state index contributed by atoms with van der Waals surface area (Å²) in [4.78, 5) is 27.5. The molecule has 1 aliphatic carbocycles. The van der Waals surface area contributed by atoms with Gasteiger partial charge in [-0.3, -0.25) is 9.59 Å². The second-order valence-corrected chi connectivity index (χ2v) is 6.84. The van der Waals surface area contributed by atoms with Crippen LogP contribution < -0.4 is 15.0 Å². The van der Waals surface area contributed by atoms with Crippen molar-refractivity contribution < 1.29 is 14.3 Å². The maximum Gasteiger partial charge on any atom is 0.227 e. The van der Waals surface area contributed by atoms with Crippen LogP contribution in [0.5, 0.6) is 5.75 Å². The zero-order valence-electron chi connectivity index (χ0n) is 14.9. The molecule has 0 bridgehead atoms. The van der Waals surface area contributed by atoms with Crippen molar-refractivity contribution in [3.05, 3.63) is 18.2 Å². The normalized spacial score (nSPS) is 18.8. The number of carbonyl (C=O) groups is 2. The van der Waals surface area contributed by atoms with Crippen molar-refractivity contribution in [1.82, 2.24) is 4.90 Å². The highest BCUT2D eigenvalue weighted by molar-refractivity contribution is 5.94. The summed E-state index contributed by atoms with van der Waals surface area (Å²) in [6.45, 7) is 3.03. The van der Waals surface area contributed by atoms with Gasteiger partial charge in [0.1, 0.15) is 5.75 Å². The molecule has 1 aromatic rings. The Morgan fingerprint density at radius 3 is 2.52 bits per heavy atom. The zero-order valence-corrected chi connectivity index (χ0v) is 14.9. The Bertz CT molecular complexity index is 606. The molecular formula is C19H27N3O3. The summed E-state index contributed by atoms with van der Waals surface area (Å²) in [6, 6.07) is 5.89. The molecule has 0 unspecified atom stereocenters. The Morgan fingerprint density at radius 1 is 1.16 bits per heavy atom. The predicted molar refractivity (Wildman–Crippen MR) is 98.0 cm³/mol. The molecule has 1 N–H and O–H groups in total. The number of benzene rings is 1. The lowest BCUT2D eigenvalue weighted by atomic mass is 9.88. The molecule has 1 aliphatic heterocycles. The topological polar surface area (TPSA) is 61.9 Å². The van der Waals surface area contributed by atoms with Crippen LogP contribution in [-0.2, 0) is 9.59 Å². The number of amides is 2. The molecule has 3 rings (SSSR count). The number of methoxy groups -OCH3 is 1. The third kappa shape index (κ3) is 4.24. The van der Waals surface area contributed by atoms with Gasteiger partial charge in [0.05, 0.1) is 12.8 Å². The Kier molecular flexibility index (Phi) is 5.79. The van der Waals surface area contributed by atoms with Crippen LogP contribution in [0.1, 0.15) is 32.1 Å². The number of ether oxygens (including phenoxy) is 1. The Morgan fingerprint density at radius 2 is 1.88 bits per heavy atom. The molecule has 6 heteroatoms. The molecule has 2 amide bonds. The first-order valence-corrected chi connectivity index (χ1v) is 9.14. The van der Waals surface area contributed by atoms with E-state index in [1.165, 1.54) is 6.42 Å². The molecule has 2 fully saturated rings. The largest absolute Gasteiger partial charge is 0.495 e. The van der Waals surface area contributed by atoms with E-state index in [9.17, 15) is 9.59 Å². The van der Waals surface area contributed by atoms with Crippen LogP contribution in [0, 0.1) is 5.92 Å². The van der Waals surface area contributed by atoms with Gasteiger partial charge >= 0.3 is 0 Å². The number of piperazine rings is 1. The van der Waals surface area contributed by atoms with Gasteiger partial charge in [-0.1, -0.05) is 19.3 Å². The standard InChI is InChI=1S/C19H27N3O3/c1-25-18-8-7-16(22-11-9-21(14-23)10-12-22)13-17(18)20-19(24)15-5-3-2-4-6-15/h7-8,13-15H,2-6,9-12H2,1H3,(H,20,24). The fourth-order valence-corrected chi connectivity index (χ4v) is 3.68. The van der Waals surface area contributed by atoms with Crippen molar-refractivity contribution in [2.24, 2.45) is 5.92 Å². The number of hydrogen-bond acceptors (Lipinski definition) is 4. The highest BCUT2D eigenvalue weighted by Gasteiger charge is 2.23. The monoisotopic (exact) mass is 345 g/mol. The van der Waals surface area contributed by atoms with Crippen LogP contribution in [0.15, 0.2) is 18.2 Å². The first-order valence-electron chi connectivity index (χ1n) is 9.14. The minimum Gasteiger partial charge on any atom is -0.495 e. The molecule has 136 valence electrons. The van der Waals surface area contributed by atoms with Crippen LogP contribution in [0.2, 0.25) is 0 Å². The second-order valence-electron chi connectivity index (χ2n) is 6.84. The van der Waals surface area contributed by atoms with Gasteiger partial charge in [-0.2, -0.15) is 0 Å². The van der Waals surface area contributed by atoms with Crippen molar-refractivity contribution in [2.75, 3.05) is 43.5 Å². The third-order valence-corrected chi connectivity index (χ3v) is 5.25. The number of carbonyl (C=O) groups excluding carboxylic acids is 2. The van der Waals surface area contributed by atoms with E-state index in [1.54, 1.807) is 12.0 Å². The van der Waals surface area contributed by atoms with Crippen LogP contribution in [0.3, 0.4) is 0 Å². The molecule has 1 saturated carbocycles. The molecule has 1 aromatic carbocycles. The summed E-state index contributed by atoms with van der Waals surface area (Å²) in [5.41, 5.74) is 1.78. The summed E-state index contributed by atoms with van der Waals surface area (Å²) in [6.07, 6.45) is 6.35. The third-order valence-electron chi connectivity index (χ3n) is 5.25. The van der Waals surface area contributed by atoms with Gasteiger partial charge in [0.25, 0.3) is 0 Å². The van der Waals surface area contributed by atoms with Gasteiger partial charge in [0.2, 0.25) is 12.3 Å². The highest BCUT2D eigenvalue weighted by Crippen LogP contribution is 2.32. The Hall–Kier alpha value is -2.24. The summed E-state index contributed by atoms with van der Waals surface area (Å²) in [5, 5.41) is 3.07. The number of nitrogens with zero attached hydrogens (tertiary/aromatic N) is 2. The molecule has 1 heterocycles. The van der Waals surface area contributed by atoms with E-state index in [0.29, 0.717) is 5.75 Å². The van der Waals surface area contributed by atoms with E-state index in [-0.39, 0.29) is 11.8 Å². The van der Waals surface area contributed by atoms with E-state index in [4.69, 9.17) is 4.74 Å². The van der Waals surface area contributed by atoms with Crippen molar-refractivity contribution >= 4 is 23.7 Å². The average Bonchev–Trinajstić information content (AvgIpc) is 2.68. The average molecular weight is 345 g/mol. The van der Waals surface area contributed by atoms with Gasteiger partial charge in [0.15, 0.2) is 0 Å². The molecule has 25 heavy (non-hydrogen) atoms. The SMILES string of the molecule is COc1ccc(N2CCN(C=O)CC2)cc1NC(=O)C1CCCCC1. The molecule has 0 aromatic heterocycles.